The van der Waals surface area contributed by atoms with Crippen molar-refractivity contribution in [3.05, 3.63) is 42.4 Å². The first-order valence-corrected chi connectivity index (χ1v) is 7.04. The van der Waals surface area contributed by atoms with E-state index in [2.05, 4.69) is 25.6 Å². The van der Waals surface area contributed by atoms with Crippen molar-refractivity contribution in [3.8, 4) is 5.75 Å². The lowest BCUT2D eigenvalue weighted by Crippen LogP contribution is -2.11. The maximum absolute atomic E-state index is 5.94. The Bertz CT molecular complexity index is 670. The molecule has 0 aliphatic heterocycles. The fourth-order valence-corrected chi connectivity index (χ4v) is 2.02. The van der Waals surface area contributed by atoms with Crippen molar-refractivity contribution >= 4 is 16.7 Å². The van der Waals surface area contributed by atoms with Gasteiger partial charge in [-0.3, -0.25) is 0 Å². The van der Waals surface area contributed by atoms with Crippen LogP contribution in [0.5, 0.6) is 5.75 Å². The lowest BCUT2D eigenvalue weighted by atomic mass is 10.0. The van der Waals surface area contributed by atoms with Gasteiger partial charge in [0.25, 0.3) is 0 Å². The maximum atomic E-state index is 5.94. The minimum Gasteiger partial charge on any atom is -0.493 e. The van der Waals surface area contributed by atoms with Gasteiger partial charge in [-0.1, -0.05) is 37.7 Å². The van der Waals surface area contributed by atoms with Crippen LogP contribution in [0.4, 0.5) is 0 Å². The van der Waals surface area contributed by atoms with Crippen LogP contribution in [0.15, 0.2) is 46.2 Å². The molecule has 112 valence electrons. The Morgan fingerprint density at radius 1 is 1.43 bits per heavy atom. The van der Waals surface area contributed by atoms with Gasteiger partial charge >= 0.3 is 0 Å². The van der Waals surface area contributed by atoms with Gasteiger partial charge in [0.1, 0.15) is 11.5 Å². The van der Waals surface area contributed by atoms with Crippen LogP contribution in [-0.4, -0.2) is 12.8 Å². The standard InChI is InChI=1S/C17H21NO3/c1-6-12(4)16(18-21-11(2)3)15-10-13-8-7-9-14(19-5)17(13)20-15/h7-10,12H,2,6H2,1,3-5H3/b18-16+. The van der Waals surface area contributed by atoms with Crippen molar-refractivity contribution in [1.29, 1.82) is 0 Å². The van der Waals surface area contributed by atoms with Crippen molar-refractivity contribution in [2.24, 2.45) is 11.1 Å². The summed E-state index contributed by atoms with van der Waals surface area (Å²) in [4.78, 5) is 5.24. The molecule has 0 spiro atoms. The molecule has 21 heavy (non-hydrogen) atoms. The molecule has 2 rings (SSSR count). The lowest BCUT2D eigenvalue weighted by molar-refractivity contribution is 0.228. The van der Waals surface area contributed by atoms with Crippen LogP contribution in [0.25, 0.3) is 11.0 Å². The van der Waals surface area contributed by atoms with E-state index in [1.165, 1.54) is 0 Å². The number of nitrogens with zero attached hydrogens (tertiary/aromatic N) is 1. The molecule has 1 heterocycles. The van der Waals surface area contributed by atoms with Gasteiger partial charge in [-0.25, -0.2) is 0 Å². The molecule has 1 aromatic carbocycles. The van der Waals surface area contributed by atoms with E-state index < -0.39 is 0 Å². The summed E-state index contributed by atoms with van der Waals surface area (Å²) in [5.74, 6) is 2.17. The lowest BCUT2D eigenvalue weighted by Gasteiger charge is -2.09. The second-order valence-corrected chi connectivity index (χ2v) is 5.07. The first-order chi connectivity index (χ1) is 10.1. The molecule has 4 heteroatoms. The number of benzene rings is 1. The largest absolute Gasteiger partial charge is 0.493 e. The van der Waals surface area contributed by atoms with Gasteiger partial charge in [-0.15, -0.1) is 0 Å². The third-order valence-corrected chi connectivity index (χ3v) is 3.36. The van der Waals surface area contributed by atoms with Crippen LogP contribution in [0, 0.1) is 5.92 Å². The topological polar surface area (TPSA) is 44.0 Å². The van der Waals surface area contributed by atoms with E-state index in [-0.39, 0.29) is 5.92 Å². The molecule has 0 amide bonds. The van der Waals surface area contributed by atoms with Crippen molar-refractivity contribution in [1.82, 2.24) is 0 Å². The normalized spacial score (nSPS) is 13.2. The average Bonchev–Trinajstić information content (AvgIpc) is 2.90. The number of fused-ring (bicyclic) bond motifs is 1. The second-order valence-electron chi connectivity index (χ2n) is 5.07. The van der Waals surface area contributed by atoms with Crippen molar-refractivity contribution in [3.63, 3.8) is 0 Å². The molecular weight excluding hydrogens is 266 g/mol. The van der Waals surface area contributed by atoms with Crippen LogP contribution in [0.1, 0.15) is 33.0 Å². The number of hydrogen-bond acceptors (Lipinski definition) is 4. The van der Waals surface area contributed by atoms with E-state index in [1.807, 2.05) is 24.3 Å². The summed E-state index contributed by atoms with van der Waals surface area (Å²) in [6.45, 7) is 9.65. The van der Waals surface area contributed by atoms with E-state index in [0.717, 1.165) is 23.1 Å². The molecule has 1 atom stereocenters. The van der Waals surface area contributed by atoms with Gasteiger partial charge < -0.3 is 14.0 Å². The van der Waals surface area contributed by atoms with Gasteiger partial charge in [0, 0.05) is 11.3 Å². The smallest absolute Gasteiger partial charge is 0.176 e. The Morgan fingerprint density at radius 3 is 2.81 bits per heavy atom. The first kappa shape index (κ1) is 15.2. The van der Waals surface area contributed by atoms with Gasteiger partial charge in [0.05, 0.1) is 7.11 Å². The van der Waals surface area contributed by atoms with Gasteiger partial charge in [-0.2, -0.15) is 0 Å². The number of allylic oxidation sites excluding steroid dienone is 1. The minimum atomic E-state index is 0.218. The van der Waals surface area contributed by atoms with Crippen LogP contribution in [0.3, 0.4) is 0 Å². The summed E-state index contributed by atoms with van der Waals surface area (Å²) in [5.41, 5.74) is 1.50. The molecule has 1 unspecified atom stereocenters. The second kappa shape index (κ2) is 6.48. The highest BCUT2D eigenvalue weighted by Crippen LogP contribution is 2.30. The van der Waals surface area contributed by atoms with Crippen molar-refractivity contribution < 1.29 is 14.0 Å². The molecule has 1 aromatic heterocycles. The Morgan fingerprint density at radius 2 is 2.19 bits per heavy atom. The third-order valence-electron chi connectivity index (χ3n) is 3.36. The predicted molar refractivity (Wildman–Crippen MR) is 84.7 cm³/mol. The number of para-hydroxylation sites is 1. The third kappa shape index (κ3) is 3.27. The van der Waals surface area contributed by atoms with Gasteiger partial charge in [-0.05, 0) is 25.5 Å². The highest BCUT2D eigenvalue weighted by atomic mass is 16.6. The fraction of sp³-hybridized carbons (Fsp3) is 0.353. The Labute approximate surface area is 125 Å². The highest BCUT2D eigenvalue weighted by Gasteiger charge is 2.18. The quantitative estimate of drug-likeness (QED) is 0.438. The summed E-state index contributed by atoms with van der Waals surface area (Å²) in [5, 5.41) is 5.18. The van der Waals surface area contributed by atoms with E-state index in [9.17, 15) is 0 Å². The maximum Gasteiger partial charge on any atom is 0.176 e. The number of oxime groups is 1. The Balaban J connectivity index is 2.49. The van der Waals surface area contributed by atoms with E-state index >= 15 is 0 Å². The number of rotatable bonds is 6. The summed E-state index contributed by atoms with van der Waals surface area (Å²) >= 11 is 0. The van der Waals surface area contributed by atoms with Crippen LogP contribution < -0.4 is 4.74 Å². The Hall–Kier alpha value is -2.23. The zero-order valence-electron chi connectivity index (χ0n) is 13.0. The van der Waals surface area contributed by atoms with Gasteiger partial charge in [0.15, 0.2) is 17.1 Å². The minimum absolute atomic E-state index is 0.218. The summed E-state index contributed by atoms with van der Waals surface area (Å²) in [6.07, 6.45) is 0.937. The summed E-state index contributed by atoms with van der Waals surface area (Å²) in [7, 11) is 1.63. The van der Waals surface area contributed by atoms with Crippen LogP contribution in [0.2, 0.25) is 0 Å². The summed E-state index contributed by atoms with van der Waals surface area (Å²) < 4.78 is 11.3. The zero-order chi connectivity index (χ0) is 15.4. The predicted octanol–water partition coefficient (Wildman–Crippen LogP) is 4.74. The molecule has 0 saturated carbocycles. The SMILES string of the molecule is C=C(C)O/N=C(/c1cc2cccc(OC)c2o1)C(C)CC. The number of hydrogen-bond donors (Lipinski definition) is 0. The molecular formula is C17H21NO3. The number of furan rings is 1. The van der Waals surface area contributed by atoms with Gasteiger partial charge in [0.2, 0.25) is 0 Å². The number of methoxy groups -OCH3 is 1. The first-order valence-electron chi connectivity index (χ1n) is 7.04. The van der Waals surface area contributed by atoms with E-state index in [0.29, 0.717) is 17.3 Å². The Kier molecular flexibility index (Phi) is 4.68. The molecule has 2 aromatic rings. The molecule has 4 nitrogen and oxygen atoms in total. The zero-order valence-corrected chi connectivity index (χ0v) is 13.0. The van der Waals surface area contributed by atoms with Crippen LogP contribution >= 0.6 is 0 Å². The molecule has 0 aliphatic carbocycles. The molecule has 0 N–H and O–H groups in total. The van der Waals surface area contributed by atoms with E-state index in [4.69, 9.17) is 14.0 Å². The fourth-order valence-electron chi connectivity index (χ4n) is 2.02. The molecule has 0 radical (unpaired) electrons. The van der Waals surface area contributed by atoms with Crippen LogP contribution in [-0.2, 0) is 4.84 Å². The monoisotopic (exact) mass is 287 g/mol. The molecule has 0 aliphatic rings. The molecule has 0 bridgehead atoms. The number of ether oxygens (including phenoxy) is 1. The van der Waals surface area contributed by atoms with Crippen molar-refractivity contribution in [2.45, 2.75) is 27.2 Å². The highest BCUT2D eigenvalue weighted by molar-refractivity contribution is 6.03. The van der Waals surface area contributed by atoms with Crippen molar-refractivity contribution in [2.75, 3.05) is 7.11 Å². The van der Waals surface area contributed by atoms with E-state index in [1.54, 1.807) is 14.0 Å². The average molecular weight is 287 g/mol. The molecule has 0 saturated heterocycles. The molecule has 0 fully saturated rings. The summed E-state index contributed by atoms with van der Waals surface area (Å²) in [6, 6.07) is 7.76.